The summed E-state index contributed by atoms with van der Waals surface area (Å²) in [4.78, 5) is 14.5. The molecule has 1 aromatic carbocycles. The number of hydrogen-bond donors (Lipinski definition) is 2. The molecule has 0 radical (unpaired) electrons. The molecule has 1 aliphatic rings. The number of aliphatic hydroxyl groups excluding tert-OH is 1. The van der Waals surface area contributed by atoms with Crippen LogP contribution >= 0.6 is 0 Å². The number of aliphatic hydroxyl groups is 1. The van der Waals surface area contributed by atoms with Gasteiger partial charge >= 0.3 is 0 Å². The molecule has 0 spiro atoms. The van der Waals surface area contributed by atoms with Crippen LogP contribution in [-0.4, -0.2) is 30.2 Å². The fraction of sp³-hybridized carbons (Fsp3) is 0.421. The number of nitrogens with one attached hydrogen (secondary N) is 1. The zero-order valence-electron chi connectivity index (χ0n) is 14.5. The van der Waals surface area contributed by atoms with Crippen LogP contribution in [0.15, 0.2) is 34.9 Å². The third-order valence-corrected chi connectivity index (χ3v) is 4.71. The van der Waals surface area contributed by atoms with Gasteiger partial charge in [-0.05, 0) is 51.0 Å². The van der Waals surface area contributed by atoms with Crippen molar-refractivity contribution in [3.8, 4) is 0 Å². The highest BCUT2D eigenvalue weighted by Crippen LogP contribution is 2.30. The Hall–Kier alpha value is -2.34. The van der Waals surface area contributed by atoms with E-state index in [-0.39, 0.29) is 23.9 Å². The van der Waals surface area contributed by atoms with Crippen LogP contribution in [-0.2, 0) is 0 Å². The zero-order chi connectivity index (χ0) is 18.0. The van der Waals surface area contributed by atoms with Crippen LogP contribution < -0.4 is 10.2 Å². The van der Waals surface area contributed by atoms with Crippen molar-refractivity contribution in [1.82, 2.24) is 5.32 Å². The highest BCUT2D eigenvalue weighted by molar-refractivity contribution is 5.95. The number of rotatable bonds is 4. The first-order valence-corrected chi connectivity index (χ1v) is 8.53. The second-order valence-electron chi connectivity index (χ2n) is 6.51. The standard InChI is InChI=1S/C19H23FN2O3/c1-12(21-19(24)16-7-10-25-13(16)2)17-11-14(20)3-4-18(17)22-8-5-15(23)6-9-22/h3-4,7,10-12,15,23H,5-6,8-9H2,1-2H3,(H,21,24)/t12-/m0/s1. The Balaban J connectivity index is 1.81. The van der Waals surface area contributed by atoms with Crippen molar-refractivity contribution in [2.24, 2.45) is 0 Å². The topological polar surface area (TPSA) is 65.7 Å². The predicted octanol–water partition coefficient (Wildman–Crippen LogP) is 3.18. The lowest BCUT2D eigenvalue weighted by Gasteiger charge is -2.34. The summed E-state index contributed by atoms with van der Waals surface area (Å²) in [6, 6.07) is 5.90. The van der Waals surface area contributed by atoms with Gasteiger partial charge in [-0.15, -0.1) is 0 Å². The molecule has 134 valence electrons. The van der Waals surface area contributed by atoms with E-state index in [9.17, 15) is 14.3 Å². The molecule has 2 N–H and O–H groups in total. The predicted molar refractivity (Wildman–Crippen MR) is 93.2 cm³/mol. The summed E-state index contributed by atoms with van der Waals surface area (Å²) in [5.74, 6) is -0.0337. The number of anilines is 1. The van der Waals surface area contributed by atoms with Crippen LogP contribution in [0.4, 0.5) is 10.1 Å². The van der Waals surface area contributed by atoms with Crippen molar-refractivity contribution in [3.63, 3.8) is 0 Å². The lowest BCUT2D eigenvalue weighted by atomic mass is 10.0. The van der Waals surface area contributed by atoms with Crippen LogP contribution in [0.25, 0.3) is 0 Å². The molecule has 1 atom stereocenters. The third kappa shape index (κ3) is 3.85. The molecule has 1 saturated heterocycles. The maximum atomic E-state index is 13.8. The van der Waals surface area contributed by atoms with Crippen LogP contribution in [0.2, 0.25) is 0 Å². The maximum Gasteiger partial charge on any atom is 0.255 e. The number of furan rings is 1. The largest absolute Gasteiger partial charge is 0.469 e. The summed E-state index contributed by atoms with van der Waals surface area (Å²) in [5, 5.41) is 12.6. The number of benzene rings is 1. The Labute approximate surface area is 146 Å². The van der Waals surface area contributed by atoms with Crippen molar-refractivity contribution >= 4 is 11.6 Å². The lowest BCUT2D eigenvalue weighted by Crippen LogP contribution is -2.37. The van der Waals surface area contributed by atoms with Gasteiger partial charge in [-0.3, -0.25) is 4.79 Å². The molecular formula is C19H23FN2O3. The average Bonchev–Trinajstić information content (AvgIpc) is 3.02. The summed E-state index contributed by atoms with van der Waals surface area (Å²) in [6.45, 7) is 4.99. The van der Waals surface area contributed by atoms with Crippen molar-refractivity contribution < 1.29 is 18.7 Å². The van der Waals surface area contributed by atoms with Crippen molar-refractivity contribution in [1.29, 1.82) is 0 Å². The Bertz CT molecular complexity index is 751. The smallest absolute Gasteiger partial charge is 0.255 e. The number of halogens is 1. The van der Waals surface area contributed by atoms with E-state index in [2.05, 4.69) is 10.2 Å². The molecule has 0 bridgehead atoms. The molecule has 25 heavy (non-hydrogen) atoms. The molecule has 2 aromatic rings. The first-order valence-electron chi connectivity index (χ1n) is 8.53. The summed E-state index contributed by atoms with van der Waals surface area (Å²) >= 11 is 0. The third-order valence-electron chi connectivity index (χ3n) is 4.71. The number of carbonyl (C=O) groups is 1. The molecule has 1 amide bonds. The molecule has 3 rings (SSSR count). The molecule has 0 aliphatic carbocycles. The van der Waals surface area contributed by atoms with Crippen LogP contribution in [0, 0.1) is 12.7 Å². The molecule has 1 aliphatic heterocycles. The average molecular weight is 346 g/mol. The minimum Gasteiger partial charge on any atom is -0.469 e. The second-order valence-corrected chi connectivity index (χ2v) is 6.51. The van der Waals surface area contributed by atoms with Gasteiger partial charge in [-0.1, -0.05) is 0 Å². The quantitative estimate of drug-likeness (QED) is 0.892. The van der Waals surface area contributed by atoms with E-state index in [1.54, 1.807) is 19.1 Å². The minimum atomic E-state index is -0.362. The number of hydrogen-bond acceptors (Lipinski definition) is 4. The number of amides is 1. The van der Waals surface area contributed by atoms with Crippen molar-refractivity contribution in [2.45, 2.75) is 38.8 Å². The molecule has 1 fully saturated rings. The summed E-state index contributed by atoms with van der Waals surface area (Å²) in [6.07, 6.45) is 2.57. The lowest BCUT2D eigenvalue weighted by molar-refractivity contribution is 0.0938. The van der Waals surface area contributed by atoms with E-state index in [4.69, 9.17) is 4.42 Å². The molecular weight excluding hydrogens is 323 g/mol. The van der Waals surface area contributed by atoms with Crippen LogP contribution in [0.3, 0.4) is 0 Å². The number of nitrogens with zero attached hydrogens (tertiary/aromatic N) is 1. The van der Waals surface area contributed by atoms with Gasteiger partial charge in [0.05, 0.1) is 24.0 Å². The number of aryl methyl sites for hydroxylation is 1. The first kappa shape index (κ1) is 17.5. The first-order chi connectivity index (χ1) is 12.0. The fourth-order valence-electron chi connectivity index (χ4n) is 3.24. The van der Waals surface area contributed by atoms with Crippen molar-refractivity contribution in [3.05, 3.63) is 53.2 Å². The molecule has 5 nitrogen and oxygen atoms in total. The molecule has 0 unspecified atom stereocenters. The molecule has 6 heteroatoms. The Kier molecular flexibility index (Phi) is 5.08. The van der Waals surface area contributed by atoms with E-state index >= 15 is 0 Å². The molecule has 0 saturated carbocycles. The maximum absolute atomic E-state index is 13.8. The monoisotopic (exact) mass is 346 g/mol. The van der Waals surface area contributed by atoms with Gasteiger partial charge in [0.1, 0.15) is 11.6 Å². The van der Waals surface area contributed by atoms with Gasteiger partial charge in [-0.25, -0.2) is 4.39 Å². The Morgan fingerprint density at radius 2 is 2.08 bits per heavy atom. The Morgan fingerprint density at radius 1 is 1.36 bits per heavy atom. The fourth-order valence-corrected chi connectivity index (χ4v) is 3.24. The van der Waals surface area contributed by atoms with Gasteiger partial charge < -0.3 is 19.7 Å². The van der Waals surface area contributed by atoms with E-state index in [1.165, 1.54) is 18.4 Å². The Morgan fingerprint density at radius 3 is 2.72 bits per heavy atom. The summed E-state index contributed by atoms with van der Waals surface area (Å²) in [5.41, 5.74) is 2.10. The van der Waals surface area contributed by atoms with E-state index < -0.39 is 0 Å². The number of carbonyl (C=O) groups excluding carboxylic acids is 1. The molecule has 1 aromatic heterocycles. The SMILES string of the molecule is Cc1occc1C(=O)N[C@@H](C)c1cc(F)ccc1N1CCC(O)CC1. The van der Waals surface area contributed by atoms with Gasteiger partial charge in [0.15, 0.2) is 0 Å². The van der Waals surface area contributed by atoms with E-state index in [1.807, 2.05) is 6.92 Å². The minimum absolute atomic E-state index is 0.247. The summed E-state index contributed by atoms with van der Waals surface area (Å²) < 4.78 is 19.0. The number of piperidine rings is 1. The normalized spacial score (nSPS) is 16.7. The van der Waals surface area contributed by atoms with E-state index in [0.717, 1.165) is 11.3 Å². The highest BCUT2D eigenvalue weighted by Gasteiger charge is 2.23. The van der Waals surface area contributed by atoms with Gasteiger partial charge in [0.25, 0.3) is 5.91 Å². The summed E-state index contributed by atoms with van der Waals surface area (Å²) in [7, 11) is 0. The highest BCUT2D eigenvalue weighted by atomic mass is 19.1. The van der Waals surface area contributed by atoms with Gasteiger partial charge in [-0.2, -0.15) is 0 Å². The van der Waals surface area contributed by atoms with E-state index in [0.29, 0.717) is 37.3 Å². The van der Waals surface area contributed by atoms with Crippen molar-refractivity contribution in [2.75, 3.05) is 18.0 Å². The second kappa shape index (κ2) is 7.27. The van der Waals surface area contributed by atoms with Gasteiger partial charge in [0, 0.05) is 24.3 Å². The van der Waals surface area contributed by atoms with Crippen LogP contribution in [0.1, 0.15) is 47.5 Å². The van der Waals surface area contributed by atoms with Gasteiger partial charge in [0.2, 0.25) is 0 Å². The molecule has 2 heterocycles. The zero-order valence-corrected chi connectivity index (χ0v) is 14.5. The van der Waals surface area contributed by atoms with Crippen LogP contribution in [0.5, 0.6) is 0 Å².